The van der Waals surface area contributed by atoms with E-state index >= 15 is 0 Å². The zero-order valence-electron chi connectivity index (χ0n) is 15.7. The molecule has 1 aromatic heterocycles. The topological polar surface area (TPSA) is 124 Å². The van der Waals surface area contributed by atoms with E-state index in [1.54, 1.807) is 6.20 Å². The van der Waals surface area contributed by atoms with Gasteiger partial charge in [0.15, 0.2) is 5.89 Å². The molecule has 0 atom stereocenters. The Balaban J connectivity index is 0.00000210. The molecule has 0 unspecified atom stereocenters. The van der Waals surface area contributed by atoms with Crippen molar-refractivity contribution in [1.29, 1.82) is 0 Å². The van der Waals surface area contributed by atoms with Crippen LogP contribution < -0.4 is 11.1 Å². The Morgan fingerprint density at radius 1 is 1.37 bits per heavy atom. The van der Waals surface area contributed by atoms with Crippen molar-refractivity contribution in [2.75, 3.05) is 26.2 Å². The number of aryl methyl sites for hydroxylation is 1. The first-order chi connectivity index (χ1) is 12.7. The second-order valence-corrected chi connectivity index (χ2v) is 7.03. The monoisotopic (exact) mass is 372 g/mol. The fourth-order valence-corrected chi connectivity index (χ4v) is 3.72. The van der Waals surface area contributed by atoms with E-state index in [4.69, 9.17) is 20.1 Å². The van der Waals surface area contributed by atoms with E-state index in [-0.39, 0.29) is 5.48 Å². The van der Waals surface area contributed by atoms with E-state index in [0.717, 1.165) is 68.6 Å². The molecule has 146 valence electrons. The minimum atomic E-state index is 0. The van der Waals surface area contributed by atoms with E-state index in [1.807, 2.05) is 6.92 Å². The summed E-state index contributed by atoms with van der Waals surface area (Å²) < 4.78 is 5.62. The number of oxazole rings is 1. The van der Waals surface area contributed by atoms with Gasteiger partial charge in [-0.3, -0.25) is 0 Å². The molecule has 5 N–H and O–H groups in total. The summed E-state index contributed by atoms with van der Waals surface area (Å²) in [5, 5.41) is 3.43. The van der Waals surface area contributed by atoms with Gasteiger partial charge in [-0.25, -0.2) is 15.0 Å². The molecule has 0 amide bonds. The molecule has 1 saturated heterocycles. The van der Waals surface area contributed by atoms with Crippen molar-refractivity contribution in [3.05, 3.63) is 41.3 Å². The van der Waals surface area contributed by atoms with Gasteiger partial charge < -0.3 is 25.8 Å². The highest BCUT2D eigenvalue weighted by Gasteiger charge is 2.25. The standard InChI is InChI=1S/C19H26N6O.H2O/c1-13-21-12-16(26-13)11-14-3-2-4-17-18(14)24-19(23-17)22-15-5-8-25(9-6-15)10-7-20;/h2-3,12,15H,4-11,20H2,1H3,(H,22,24);1H2. The van der Waals surface area contributed by atoms with Crippen molar-refractivity contribution in [1.82, 2.24) is 15.2 Å². The highest BCUT2D eigenvalue weighted by atomic mass is 16.3. The lowest BCUT2D eigenvalue weighted by Crippen LogP contribution is -2.38. The summed E-state index contributed by atoms with van der Waals surface area (Å²) in [5.74, 6) is 2.32. The first-order valence-electron chi connectivity index (χ1n) is 9.37. The van der Waals surface area contributed by atoms with Crippen molar-refractivity contribution < 1.29 is 9.89 Å². The number of rotatable bonds is 5. The Hall–Kier alpha value is -2.29. The van der Waals surface area contributed by atoms with Crippen LogP contribution in [0.3, 0.4) is 0 Å². The van der Waals surface area contributed by atoms with Gasteiger partial charge in [-0.15, -0.1) is 0 Å². The van der Waals surface area contributed by atoms with Gasteiger partial charge in [0.25, 0.3) is 0 Å². The van der Waals surface area contributed by atoms with Gasteiger partial charge in [0.05, 0.1) is 23.6 Å². The van der Waals surface area contributed by atoms with Crippen molar-refractivity contribution in [2.24, 2.45) is 15.7 Å². The van der Waals surface area contributed by atoms with Gasteiger partial charge in [0.1, 0.15) is 5.76 Å². The second kappa shape index (κ2) is 8.60. The lowest BCUT2D eigenvalue weighted by molar-refractivity contribution is 0.219. The molecule has 0 saturated carbocycles. The maximum absolute atomic E-state index is 5.64. The SMILES string of the molecule is Cc1ncc(CC2=C3NC(=NC4CCN(CCN)CC4)N=C3CC=C2)o1.O. The summed E-state index contributed by atoms with van der Waals surface area (Å²) in [5.41, 5.74) is 8.97. The number of allylic oxidation sites excluding steroid dienone is 4. The molecule has 4 rings (SSSR count). The molecule has 1 aromatic rings. The van der Waals surface area contributed by atoms with E-state index in [0.29, 0.717) is 18.4 Å². The van der Waals surface area contributed by atoms with Crippen LogP contribution in [0.1, 0.15) is 30.9 Å². The van der Waals surface area contributed by atoms with Crippen LogP contribution in [0.15, 0.2) is 44.0 Å². The normalized spacial score (nSPS) is 21.9. The summed E-state index contributed by atoms with van der Waals surface area (Å²) in [6.07, 6.45) is 9.78. The number of aliphatic imine (C=N–C) groups is 2. The number of hydrogen-bond acceptors (Lipinski definition) is 5. The molecule has 1 fully saturated rings. The first kappa shape index (κ1) is 19.5. The molecular formula is C19H28N6O2. The number of nitrogens with two attached hydrogens (primary N) is 1. The summed E-state index contributed by atoms with van der Waals surface area (Å²) in [7, 11) is 0. The van der Waals surface area contributed by atoms with E-state index < -0.39 is 0 Å². The molecule has 8 nitrogen and oxygen atoms in total. The van der Waals surface area contributed by atoms with Crippen LogP contribution in [0, 0.1) is 6.92 Å². The fraction of sp³-hybridized carbons (Fsp3) is 0.526. The molecule has 1 aliphatic carbocycles. The van der Waals surface area contributed by atoms with Crippen molar-refractivity contribution in [3.63, 3.8) is 0 Å². The largest absolute Gasteiger partial charge is 0.446 e. The number of hydrogen-bond donors (Lipinski definition) is 2. The van der Waals surface area contributed by atoms with Crippen LogP contribution >= 0.6 is 0 Å². The molecular weight excluding hydrogens is 344 g/mol. The van der Waals surface area contributed by atoms with E-state index in [9.17, 15) is 0 Å². The smallest absolute Gasteiger partial charge is 0.223 e. The molecule has 0 radical (unpaired) electrons. The summed E-state index contributed by atoms with van der Waals surface area (Å²) in [6.45, 7) is 5.70. The average Bonchev–Trinajstić information content (AvgIpc) is 3.23. The van der Waals surface area contributed by atoms with Crippen molar-refractivity contribution in [2.45, 2.75) is 38.6 Å². The van der Waals surface area contributed by atoms with Crippen LogP contribution in [0.2, 0.25) is 0 Å². The predicted octanol–water partition coefficient (Wildman–Crippen LogP) is 0.738. The van der Waals surface area contributed by atoms with Crippen LogP contribution in [-0.4, -0.2) is 59.3 Å². The lowest BCUT2D eigenvalue weighted by Gasteiger charge is -2.29. The zero-order valence-corrected chi connectivity index (χ0v) is 15.7. The maximum atomic E-state index is 5.64. The minimum absolute atomic E-state index is 0. The Kier molecular flexibility index (Phi) is 6.20. The van der Waals surface area contributed by atoms with Gasteiger partial charge in [-0.1, -0.05) is 12.2 Å². The number of likely N-dealkylation sites (tertiary alicyclic amines) is 1. The fourth-order valence-electron chi connectivity index (χ4n) is 3.72. The van der Waals surface area contributed by atoms with E-state index in [2.05, 4.69) is 27.4 Å². The summed E-state index contributed by atoms with van der Waals surface area (Å²) in [4.78, 5) is 16.2. The molecule has 8 heteroatoms. The molecule has 0 bridgehead atoms. The molecule has 0 aromatic carbocycles. The number of nitrogens with zero attached hydrogens (tertiary/aromatic N) is 4. The van der Waals surface area contributed by atoms with Crippen molar-refractivity contribution in [3.8, 4) is 0 Å². The van der Waals surface area contributed by atoms with Gasteiger partial charge >= 0.3 is 0 Å². The zero-order chi connectivity index (χ0) is 17.9. The van der Waals surface area contributed by atoms with Crippen LogP contribution in [0.4, 0.5) is 0 Å². The molecule has 3 heterocycles. The maximum Gasteiger partial charge on any atom is 0.223 e. The van der Waals surface area contributed by atoms with Crippen LogP contribution in [-0.2, 0) is 6.42 Å². The Bertz CT molecular complexity index is 784. The Labute approximate surface area is 159 Å². The third-order valence-electron chi connectivity index (χ3n) is 5.06. The summed E-state index contributed by atoms with van der Waals surface area (Å²) in [6, 6.07) is 0.338. The highest BCUT2D eigenvalue weighted by Crippen LogP contribution is 2.23. The Morgan fingerprint density at radius 3 is 2.89 bits per heavy atom. The third-order valence-corrected chi connectivity index (χ3v) is 5.06. The van der Waals surface area contributed by atoms with Gasteiger partial charge in [-0.05, 0) is 18.4 Å². The quantitative estimate of drug-likeness (QED) is 0.789. The number of guanidine groups is 1. The summed E-state index contributed by atoms with van der Waals surface area (Å²) >= 11 is 0. The predicted molar refractivity (Wildman–Crippen MR) is 106 cm³/mol. The average molecular weight is 372 g/mol. The number of aromatic nitrogens is 1. The van der Waals surface area contributed by atoms with Crippen LogP contribution in [0.5, 0.6) is 0 Å². The number of piperidine rings is 1. The third kappa shape index (κ3) is 4.52. The van der Waals surface area contributed by atoms with Crippen molar-refractivity contribution >= 4 is 11.7 Å². The second-order valence-electron chi connectivity index (χ2n) is 7.03. The molecule has 2 aliphatic heterocycles. The lowest BCUT2D eigenvalue weighted by atomic mass is 9.99. The van der Waals surface area contributed by atoms with Gasteiger partial charge in [0.2, 0.25) is 5.96 Å². The van der Waals surface area contributed by atoms with Crippen LogP contribution in [0.25, 0.3) is 0 Å². The van der Waals surface area contributed by atoms with Gasteiger partial charge in [-0.2, -0.15) is 0 Å². The highest BCUT2D eigenvalue weighted by molar-refractivity contribution is 6.15. The molecule has 27 heavy (non-hydrogen) atoms. The minimum Gasteiger partial charge on any atom is -0.446 e. The van der Waals surface area contributed by atoms with Gasteiger partial charge in [0, 0.05) is 45.9 Å². The first-order valence-corrected chi connectivity index (χ1v) is 9.37. The molecule has 0 spiro atoms. The van der Waals surface area contributed by atoms with E-state index in [1.165, 1.54) is 5.57 Å². The Morgan fingerprint density at radius 2 is 2.19 bits per heavy atom. The molecule has 3 aliphatic rings. The number of nitrogens with one attached hydrogen (secondary N) is 1. The number of fused-ring (bicyclic) bond motifs is 1.